The summed E-state index contributed by atoms with van der Waals surface area (Å²) in [5, 5.41) is 2.45. The minimum atomic E-state index is -4.46. The van der Waals surface area contributed by atoms with Crippen LogP contribution in [0.25, 0.3) is 0 Å². The maximum absolute atomic E-state index is 13.9. The fraction of sp³-hybridized carbons (Fsp3) is 0.556. The molecule has 4 rings (SSSR count). The molecule has 0 bridgehead atoms. The van der Waals surface area contributed by atoms with Crippen LogP contribution in [0.1, 0.15) is 18.4 Å². The first-order chi connectivity index (χ1) is 14.1. The third-order valence-corrected chi connectivity index (χ3v) is 5.10. The van der Waals surface area contributed by atoms with Crippen molar-refractivity contribution in [2.45, 2.75) is 31.3 Å². The molecule has 8 nitrogen and oxygen atoms in total. The van der Waals surface area contributed by atoms with Gasteiger partial charge in [-0.15, -0.1) is 8.78 Å². The fourth-order valence-corrected chi connectivity index (χ4v) is 3.59. The molecular formula is C18H19F4N3O5. The number of anilines is 1. The normalized spacial score (nSPS) is 24.7. The summed E-state index contributed by atoms with van der Waals surface area (Å²) in [6.45, 7) is 1.72. The second kappa shape index (κ2) is 7.58. The maximum atomic E-state index is 13.9. The number of fused-ring (bicyclic) bond motifs is 1. The van der Waals surface area contributed by atoms with Gasteiger partial charge < -0.3 is 24.6 Å². The molecule has 164 valence electrons. The van der Waals surface area contributed by atoms with Gasteiger partial charge in [0.2, 0.25) is 0 Å². The summed E-state index contributed by atoms with van der Waals surface area (Å²) in [5.74, 6) is -0.836. The quantitative estimate of drug-likeness (QED) is 0.726. The fourth-order valence-electron chi connectivity index (χ4n) is 3.59. The monoisotopic (exact) mass is 433 g/mol. The van der Waals surface area contributed by atoms with Crippen LogP contribution in [0.15, 0.2) is 18.2 Å². The Hall–Kier alpha value is -2.60. The number of hydrogen-bond donors (Lipinski definition) is 1. The second-order valence-corrected chi connectivity index (χ2v) is 7.14. The first kappa shape index (κ1) is 20.7. The van der Waals surface area contributed by atoms with E-state index in [1.165, 1.54) is 11.0 Å². The van der Waals surface area contributed by atoms with Gasteiger partial charge in [0.05, 0.1) is 5.56 Å². The number of benzene rings is 1. The molecule has 3 amide bonds. The van der Waals surface area contributed by atoms with E-state index < -0.39 is 35.9 Å². The number of nitrogens with zero attached hydrogens (tertiary/aromatic N) is 2. The van der Waals surface area contributed by atoms with Crippen LogP contribution < -0.4 is 10.1 Å². The van der Waals surface area contributed by atoms with Crippen molar-refractivity contribution in [1.82, 2.24) is 9.80 Å². The number of ether oxygens (including phenoxy) is 3. The van der Waals surface area contributed by atoms with Gasteiger partial charge >= 0.3 is 18.4 Å². The van der Waals surface area contributed by atoms with Crippen LogP contribution in [0, 0.1) is 0 Å². The summed E-state index contributed by atoms with van der Waals surface area (Å²) in [4.78, 5) is 27.9. The smallest absolute Gasteiger partial charge is 0.409 e. The van der Waals surface area contributed by atoms with Crippen LogP contribution in [0.4, 0.5) is 28.0 Å². The highest BCUT2D eigenvalue weighted by atomic mass is 19.3. The van der Waals surface area contributed by atoms with E-state index in [2.05, 4.69) is 14.8 Å². The standard InChI is InChI=1S/C18H19F4N3O5/c19-17(20)12-10-11(3-4-13(12)29-18(21,22)30-17)23-16(27)25-7-5-24(6-8-25)15(26)14-2-1-9-28-14/h3-4,10,14H,1-2,5-9H2,(H,23,27). The van der Waals surface area contributed by atoms with E-state index >= 15 is 0 Å². The molecule has 3 heterocycles. The molecule has 3 aliphatic rings. The molecule has 2 fully saturated rings. The van der Waals surface area contributed by atoms with Gasteiger partial charge in [-0.2, -0.15) is 8.78 Å². The average molecular weight is 433 g/mol. The van der Waals surface area contributed by atoms with E-state index in [4.69, 9.17) is 4.74 Å². The number of rotatable bonds is 2. The number of amides is 3. The Labute approximate surface area is 168 Å². The SMILES string of the molecule is O=C(Nc1ccc2c(c1)C(F)(F)OC(F)(F)O2)N1CCN(C(=O)C2CCCO2)CC1. The molecule has 1 atom stereocenters. The molecule has 2 saturated heterocycles. The first-order valence-electron chi connectivity index (χ1n) is 9.40. The molecule has 1 aromatic carbocycles. The second-order valence-electron chi connectivity index (χ2n) is 7.14. The minimum Gasteiger partial charge on any atom is -0.409 e. The van der Waals surface area contributed by atoms with Crippen molar-refractivity contribution < 1.29 is 41.4 Å². The van der Waals surface area contributed by atoms with Crippen LogP contribution in [0.3, 0.4) is 0 Å². The molecule has 0 aromatic heterocycles. The Bertz CT molecular complexity index is 839. The topological polar surface area (TPSA) is 80.3 Å². The highest BCUT2D eigenvalue weighted by Gasteiger charge is 2.54. The highest BCUT2D eigenvalue weighted by Crippen LogP contribution is 2.46. The maximum Gasteiger partial charge on any atom is 0.540 e. The number of urea groups is 1. The van der Waals surface area contributed by atoms with Gasteiger partial charge in [-0.3, -0.25) is 4.79 Å². The zero-order valence-electron chi connectivity index (χ0n) is 15.7. The van der Waals surface area contributed by atoms with Crippen LogP contribution in [0.2, 0.25) is 0 Å². The van der Waals surface area contributed by atoms with Crippen LogP contribution in [-0.2, 0) is 20.4 Å². The van der Waals surface area contributed by atoms with Crippen LogP contribution >= 0.6 is 0 Å². The molecule has 1 unspecified atom stereocenters. The summed E-state index contributed by atoms with van der Waals surface area (Å²) >= 11 is 0. The molecule has 3 aliphatic heterocycles. The Morgan fingerprint density at radius 2 is 1.77 bits per heavy atom. The molecular weight excluding hydrogens is 414 g/mol. The number of halogens is 4. The van der Waals surface area contributed by atoms with Crippen molar-refractivity contribution in [3.63, 3.8) is 0 Å². The van der Waals surface area contributed by atoms with E-state index in [0.717, 1.165) is 18.6 Å². The number of carbonyl (C=O) groups excluding carboxylic acids is 2. The van der Waals surface area contributed by atoms with E-state index in [1.807, 2.05) is 0 Å². The minimum absolute atomic E-state index is 0.0336. The lowest BCUT2D eigenvalue weighted by Gasteiger charge is -2.35. The highest BCUT2D eigenvalue weighted by molar-refractivity contribution is 5.90. The molecule has 12 heteroatoms. The molecule has 0 radical (unpaired) electrons. The Morgan fingerprint density at radius 1 is 1.07 bits per heavy atom. The van der Waals surface area contributed by atoms with Gasteiger partial charge in [-0.1, -0.05) is 0 Å². The van der Waals surface area contributed by atoms with Crippen molar-refractivity contribution in [1.29, 1.82) is 0 Å². The predicted molar refractivity (Wildman–Crippen MR) is 93.1 cm³/mol. The zero-order chi connectivity index (χ0) is 21.5. The molecule has 0 spiro atoms. The number of nitrogens with one attached hydrogen (secondary N) is 1. The first-order valence-corrected chi connectivity index (χ1v) is 9.40. The van der Waals surface area contributed by atoms with Crippen molar-refractivity contribution in [3.05, 3.63) is 23.8 Å². The molecule has 0 aliphatic carbocycles. The zero-order valence-corrected chi connectivity index (χ0v) is 15.7. The largest absolute Gasteiger partial charge is 0.540 e. The number of hydrogen-bond acceptors (Lipinski definition) is 5. The van der Waals surface area contributed by atoms with Crippen molar-refractivity contribution in [2.24, 2.45) is 0 Å². The van der Waals surface area contributed by atoms with Gasteiger partial charge in [0.25, 0.3) is 5.91 Å². The number of alkyl halides is 4. The summed E-state index contributed by atoms with van der Waals surface area (Å²) < 4.78 is 66.7. The van der Waals surface area contributed by atoms with Crippen molar-refractivity contribution >= 4 is 17.6 Å². The van der Waals surface area contributed by atoms with Crippen LogP contribution in [0.5, 0.6) is 5.75 Å². The predicted octanol–water partition coefficient (Wildman–Crippen LogP) is 2.55. The molecule has 1 aromatic rings. The van der Waals surface area contributed by atoms with E-state index in [1.54, 1.807) is 4.90 Å². The lowest BCUT2D eigenvalue weighted by Crippen LogP contribution is -2.53. The average Bonchev–Trinajstić information content (AvgIpc) is 3.21. The lowest BCUT2D eigenvalue weighted by atomic mass is 10.1. The van der Waals surface area contributed by atoms with Gasteiger partial charge in [-0.25, -0.2) is 9.53 Å². The van der Waals surface area contributed by atoms with Crippen molar-refractivity contribution in [2.75, 3.05) is 38.1 Å². The summed E-state index contributed by atoms with van der Waals surface area (Å²) in [6.07, 6.45) is -7.65. The van der Waals surface area contributed by atoms with Gasteiger partial charge in [0.15, 0.2) is 0 Å². The lowest BCUT2D eigenvalue weighted by molar-refractivity contribution is -0.461. The van der Waals surface area contributed by atoms with Crippen LogP contribution in [-0.4, -0.2) is 66.9 Å². The third kappa shape index (κ3) is 4.15. The molecule has 1 N–H and O–H groups in total. The Kier molecular flexibility index (Phi) is 5.22. The molecule has 0 saturated carbocycles. The van der Waals surface area contributed by atoms with Crippen molar-refractivity contribution in [3.8, 4) is 5.75 Å². The third-order valence-electron chi connectivity index (χ3n) is 5.10. The van der Waals surface area contributed by atoms with Gasteiger partial charge in [0.1, 0.15) is 11.9 Å². The Morgan fingerprint density at radius 3 is 2.43 bits per heavy atom. The van der Waals surface area contributed by atoms with Gasteiger partial charge in [-0.05, 0) is 31.0 Å². The summed E-state index contributed by atoms with van der Waals surface area (Å²) in [5.41, 5.74) is -0.952. The number of piperazine rings is 1. The van der Waals surface area contributed by atoms with E-state index in [9.17, 15) is 27.2 Å². The Balaban J connectivity index is 1.36. The summed E-state index contributed by atoms with van der Waals surface area (Å²) in [6, 6.07) is 2.34. The summed E-state index contributed by atoms with van der Waals surface area (Å²) in [7, 11) is 0. The molecule has 30 heavy (non-hydrogen) atoms. The van der Waals surface area contributed by atoms with E-state index in [0.29, 0.717) is 26.1 Å². The van der Waals surface area contributed by atoms with E-state index in [-0.39, 0.29) is 24.7 Å². The van der Waals surface area contributed by atoms with Gasteiger partial charge in [0, 0.05) is 38.5 Å². The number of carbonyl (C=O) groups is 2.